The van der Waals surface area contributed by atoms with Crippen LogP contribution in [0, 0.1) is 0 Å². The molecule has 20 heavy (non-hydrogen) atoms. The predicted molar refractivity (Wildman–Crippen MR) is 73.2 cm³/mol. The van der Waals surface area contributed by atoms with E-state index in [4.69, 9.17) is 14.3 Å². The number of rotatable bonds is 6. The van der Waals surface area contributed by atoms with Crippen molar-refractivity contribution >= 4 is 10.0 Å². The summed E-state index contributed by atoms with van der Waals surface area (Å²) in [7, 11) is -0.912. The van der Waals surface area contributed by atoms with Crippen LogP contribution < -0.4 is 14.4 Å². The van der Waals surface area contributed by atoms with Gasteiger partial charge in [0.05, 0.1) is 20.3 Å². The molecule has 1 fully saturated rings. The molecule has 0 aliphatic heterocycles. The van der Waals surface area contributed by atoms with Crippen LogP contribution in [0.25, 0.3) is 0 Å². The van der Waals surface area contributed by atoms with Gasteiger partial charge in [-0.15, -0.1) is 0 Å². The van der Waals surface area contributed by atoms with Crippen molar-refractivity contribution in [3.05, 3.63) is 18.2 Å². The molecule has 0 saturated heterocycles. The highest BCUT2D eigenvalue weighted by Gasteiger charge is 2.24. The molecule has 0 bridgehead atoms. The Balaban J connectivity index is 2.18. The first-order valence-electron chi connectivity index (χ1n) is 6.46. The van der Waals surface area contributed by atoms with Gasteiger partial charge < -0.3 is 9.47 Å². The van der Waals surface area contributed by atoms with Crippen LogP contribution >= 0.6 is 0 Å². The van der Waals surface area contributed by atoms with E-state index in [9.17, 15) is 8.42 Å². The zero-order chi connectivity index (χ0) is 14.6. The van der Waals surface area contributed by atoms with Gasteiger partial charge in [-0.25, -0.2) is 8.42 Å². The number of ether oxygens (including phenoxy) is 2. The van der Waals surface area contributed by atoms with E-state index in [0.717, 1.165) is 25.7 Å². The summed E-state index contributed by atoms with van der Waals surface area (Å²) in [4.78, 5) is 7.44. The Morgan fingerprint density at radius 2 is 1.85 bits per heavy atom. The molecule has 0 unspecified atom stereocenters. The van der Waals surface area contributed by atoms with E-state index in [2.05, 4.69) is 4.89 Å². The minimum Gasteiger partial charge on any atom is -0.497 e. The van der Waals surface area contributed by atoms with Crippen LogP contribution in [-0.2, 0) is 14.9 Å². The van der Waals surface area contributed by atoms with Crippen molar-refractivity contribution in [2.45, 2.75) is 36.7 Å². The molecule has 1 aliphatic rings. The maximum Gasteiger partial charge on any atom is 0.266 e. The third-order valence-electron chi connectivity index (χ3n) is 3.29. The lowest BCUT2D eigenvalue weighted by Crippen LogP contribution is -2.28. The maximum atomic E-state index is 12.3. The minimum absolute atomic E-state index is 0.00246. The number of methoxy groups -OCH3 is 2. The van der Waals surface area contributed by atoms with E-state index in [1.54, 1.807) is 12.1 Å². The molecule has 0 aromatic heterocycles. The molecule has 1 aliphatic carbocycles. The molecule has 0 amide bonds. The first-order valence-corrected chi connectivity index (χ1v) is 7.94. The van der Waals surface area contributed by atoms with Crippen molar-refractivity contribution in [1.29, 1.82) is 0 Å². The lowest BCUT2D eigenvalue weighted by Gasteiger charge is -2.14. The van der Waals surface area contributed by atoms with Gasteiger partial charge in [0.25, 0.3) is 10.0 Å². The quantitative estimate of drug-likeness (QED) is 0.812. The zero-order valence-electron chi connectivity index (χ0n) is 11.6. The largest absolute Gasteiger partial charge is 0.497 e. The lowest BCUT2D eigenvalue weighted by molar-refractivity contribution is 0.0222. The zero-order valence-corrected chi connectivity index (χ0v) is 12.4. The molecule has 0 radical (unpaired) electrons. The summed E-state index contributed by atoms with van der Waals surface area (Å²) in [5, 5.41) is 0. The maximum absolute atomic E-state index is 12.3. The molecule has 1 aromatic carbocycles. The van der Waals surface area contributed by atoms with Gasteiger partial charge in [-0.2, -0.15) is 0 Å². The van der Waals surface area contributed by atoms with Crippen LogP contribution in [0.2, 0.25) is 0 Å². The Morgan fingerprint density at radius 3 is 2.45 bits per heavy atom. The SMILES string of the molecule is COc1ccc(OC)c(S(=O)(=O)NOC2CCCC2)c1. The van der Waals surface area contributed by atoms with E-state index >= 15 is 0 Å². The summed E-state index contributed by atoms with van der Waals surface area (Å²) in [6, 6.07) is 4.58. The third-order valence-corrected chi connectivity index (χ3v) is 4.50. The summed E-state index contributed by atoms with van der Waals surface area (Å²) in [6.07, 6.45) is 3.82. The van der Waals surface area contributed by atoms with Crippen molar-refractivity contribution in [3.8, 4) is 11.5 Å². The summed E-state index contributed by atoms with van der Waals surface area (Å²) >= 11 is 0. The topological polar surface area (TPSA) is 73.9 Å². The van der Waals surface area contributed by atoms with E-state index < -0.39 is 10.0 Å². The summed E-state index contributed by atoms with van der Waals surface area (Å²) in [5.41, 5.74) is 0. The van der Waals surface area contributed by atoms with Crippen LogP contribution in [-0.4, -0.2) is 28.7 Å². The first kappa shape index (κ1) is 15.1. The number of nitrogens with one attached hydrogen (secondary N) is 1. The smallest absolute Gasteiger partial charge is 0.266 e. The molecule has 2 rings (SSSR count). The number of sulfonamides is 1. The van der Waals surface area contributed by atoms with Crippen molar-refractivity contribution in [2.24, 2.45) is 0 Å². The molecular weight excluding hydrogens is 282 g/mol. The Bertz CT molecular complexity index is 552. The van der Waals surface area contributed by atoms with Gasteiger partial charge in [0.1, 0.15) is 16.4 Å². The standard InChI is InChI=1S/C13H19NO5S/c1-17-11-7-8-12(18-2)13(9-11)20(15,16)14-19-10-5-3-4-6-10/h7-10,14H,3-6H2,1-2H3. The molecule has 1 aromatic rings. The molecular formula is C13H19NO5S. The van der Waals surface area contributed by atoms with Gasteiger partial charge in [-0.3, -0.25) is 4.84 Å². The molecule has 6 nitrogen and oxygen atoms in total. The second-order valence-corrected chi connectivity index (χ2v) is 6.24. The predicted octanol–water partition coefficient (Wildman–Crippen LogP) is 1.86. The van der Waals surface area contributed by atoms with Gasteiger partial charge in [0.15, 0.2) is 0 Å². The van der Waals surface area contributed by atoms with E-state index in [1.807, 2.05) is 0 Å². The molecule has 112 valence electrons. The second-order valence-electron chi connectivity index (χ2n) is 4.63. The third kappa shape index (κ3) is 3.41. The second kappa shape index (κ2) is 6.43. The Labute approximate surface area is 119 Å². The normalized spacial score (nSPS) is 16.3. The molecule has 0 atom stereocenters. The average Bonchev–Trinajstić information content (AvgIpc) is 2.98. The van der Waals surface area contributed by atoms with Crippen LogP contribution in [0.3, 0.4) is 0 Å². The Morgan fingerprint density at radius 1 is 1.15 bits per heavy atom. The van der Waals surface area contributed by atoms with Crippen LogP contribution in [0.15, 0.2) is 23.1 Å². The van der Waals surface area contributed by atoms with E-state index in [0.29, 0.717) is 5.75 Å². The molecule has 1 saturated carbocycles. The highest BCUT2D eigenvalue weighted by Crippen LogP contribution is 2.28. The molecule has 0 spiro atoms. The Kier molecular flexibility index (Phi) is 4.85. The average molecular weight is 301 g/mol. The van der Waals surface area contributed by atoms with Gasteiger partial charge in [0.2, 0.25) is 0 Å². The number of hydrogen-bond donors (Lipinski definition) is 1. The molecule has 1 N–H and O–H groups in total. The lowest BCUT2D eigenvalue weighted by atomic mass is 10.3. The highest BCUT2D eigenvalue weighted by atomic mass is 32.2. The van der Waals surface area contributed by atoms with Crippen LogP contribution in [0.1, 0.15) is 25.7 Å². The van der Waals surface area contributed by atoms with Gasteiger partial charge in [-0.1, -0.05) is 17.7 Å². The first-order chi connectivity index (χ1) is 9.56. The number of hydrogen-bond acceptors (Lipinski definition) is 5. The van der Waals surface area contributed by atoms with Crippen LogP contribution in [0.4, 0.5) is 0 Å². The summed E-state index contributed by atoms with van der Waals surface area (Å²) < 4.78 is 34.6. The summed E-state index contributed by atoms with van der Waals surface area (Å²) in [6.45, 7) is 0. The van der Waals surface area contributed by atoms with E-state index in [-0.39, 0.29) is 16.7 Å². The fourth-order valence-electron chi connectivity index (χ4n) is 2.18. The fourth-order valence-corrected chi connectivity index (χ4v) is 3.22. The van der Waals surface area contributed by atoms with Gasteiger partial charge in [0, 0.05) is 6.07 Å². The van der Waals surface area contributed by atoms with Gasteiger partial charge >= 0.3 is 0 Å². The van der Waals surface area contributed by atoms with E-state index in [1.165, 1.54) is 20.3 Å². The molecule has 7 heteroatoms. The van der Waals surface area contributed by atoms with Gasteiger partial charge in [-0.05, 0) is 25.0 Å². The van der Waals surface area contributed by atoms with Crippen molar-refractivity contribution in [1.82, 2.24) is 4.89 Å². The van der Waals surface area contributed by atoms with Crippen molar-refractivity contribution < 1.29 is 22.7 Å². The van der Waals surface area contributed by atoms with Crippen molar-refractivity contribution in [3.63, 3.8) is 0 Å². The molecule has 0 heterocycles. The summed E-state index contributed by atoms with van der Waals surface area (Å²) in [5.74, 6) is 0.681. The van der Waals surface area contributed by atoms with Crippen LogP contribution in [0.5, 0.6) is 11.5 Å². The Hall–Kier alpha value is -1.31. The monoisotopic (exact) mass is 301 g/mol. The fraction of sp³-hybridized carbons (Fsp3) is 0.538. The minimum atomic E-state index is -3.80. The highest BCUT2D eigenvalue weighted by molar-refractivity contribution is 7.89. The number of benzene rings is 1. The van der Waals surface area contributed by atoms with Crippen molar-refractivity contribution in [2.75, 3.05) is 14.2 Å².